The Hall–Kier alpha value is -2.41. The van der Waals surface area contributed by atoms with Gasteiger partial charge in [0.1, 0.15) is 6.61 Å². The lowest BCUT2D eigenvalue weighted by atomic mass is 9.98. The monoisotopic (exact) mass is 342 g/mol. The van der Waals surface area contributed by atoms with Gasteiger partial charge >= 0.3 is 6.09 Å². The summed E-state index contributed by atoms with van der Waals surface area (Å²) in [5.41, 5.74) is 1.11. The van der Waals surface area contributed by atoms with Crippen LogP contribution in [0.4, 0.5) is 4.79 Å². The number of carbonyl (C=O) groups excluding carboxylic acids is 1. The van der Waals surface area contributed by atoms with Gasteiger partial charge in [-0.15, -0.1) is 0 Å². The molecule has 2 aliphatic heterocycles. The van der Waals surface area contributed by atoms with Crippen LogP contribution in [0.25, 0.3) is 0 Å². The number of hydrogen-bond donors (Lipinski definition) is 0. The van der Waals surface area contributed by atoms with Crippen LogP contribution in [0.2, 0.25) is 0 Å². The first-order valence-corrected chi connectivity index (χ1v) is 8.71. The van der Waals surface area contributed by atoms with E-state index in [1.807, 2.05) is 42.2 Å². The summed E-state index contributed by atoms with van der Waals surface area (Å²) in [6.45, 7) is 4.56. The first-order valence-electron chi connectivity index (χ1n) is 8.71. The molecule has 3 heterocycles. The molecule has 0 aliphatic carbocycles. The normalized spacial score (nSPS) is 24.5. The molecule has 0 spiro atoms. The highest BCUT2D eigenvalue weighted by molar-refractivity contribution is 5.70. The highest BCUT2D eigenvalue weighted by Gasteiger charge is 2.36. The van der Waals surface area contributed by atoms with Gasteiger partial charge in [-0.1, -0.05) is 35.5 Å². The molecule has 2 fully saturated rings. The first kappa shape index (κ1) is 16.1. The predicted molar refractivity (Wildman–Crippen MR) is 89.8 cm³/mol. The van der Waals surface area contributed by atoms with Crippen LogP contribution in [0.1, 0.15) is 42.1 Å². The van der Waals surface area contributed by atoms with E-state index in [1.165, 1.54) is 0 Å². The topological polar surface area (TPSA) is 71.7 Å². The average Bonchev–Trinajstić information content (AvgIpc) is 3.23. The van der Waals surface area contributed by atoms with Crippen molar-refractivity contribution in [3.8, 4) is 0 Å². The van der Waals surface area contributed by atoms with Gasteiger partial charge in [0.15, 0.2) is 5.82 Å². The van der Waals surface area contributed by atoms with Gasteiger partial charge in [0, 0.05) is 6.54 Å². The fourth-order valence-corrected chi connectivity index (χ4v) is 3.64. The number of ether oxygens (including phenoxy) is 1. The maximum atomic E-state index is 12.2. The number of benzene rings is 1. The lowest BCUT2D eigenvalue weighted by Gasteiger charge is -2.34. The zero-order chi connectivity index (χ0) is 17.2. The van der Waals surface area contributed by atoms with Crippen molar-refractivity contribution in [1.82, 2.24) is 19.9 Å². The predicted octanol–water partition coefficient (Wildman–Crippen LogP) is 2.71. The number of likely N-dealkylation sites (tertiary alicyclic amines) is 1. The molecule has 0 saturated carbocycles. The highest BCUT2D eigenvalue weighted by atomic mass is 16.6. The fourth-order valence-electron chi connectivity index (χ4n) is 3.64. The van der Waals surface area contributed by atoms with E-state index in [2.05, 4.69) is 15.0 Å². The summed E-state index contributed by atoms with van der Waals surface area (Å²) in [6.07, 6.45) is 1.83. The molecule has 1 aromatic heterocycles. The van der Waals surface area contributed by atoms with E-state index >= 15 is 0 Å². The molecule has 2 saturated heterocycles. The van der Waals surface area contributed by atoms with Crippen LogP contribution in [-0.4, -0.2) is 52.4 Å². The Kier molecular flexibility index (Phi) is 4.40. The van der Waals surface area contributed by atoms with Gasteiger partial charge in [0.2, 0.25) is 5.89 Å². The number of nitrogens with zero attached hydrogens (tertiary/aromatic N) is 4. The second-order valence-electron chi connectivity index (χ2n) is 6.71. The molecule has 0 unspecified atom stereocenters. The molecule has 2 aromatic rings. The Bertz CT molecular complexity index is 733. The van der Waals surface area contributed by atoms with Crippen molar-refractivity contribution in [2.24, 2.45) is 0 Å². The van der Waals surface area contributed by atoms with Crippen molar-refractivity contribution in [3.05, 3.63) is 47.6 Å². The number of hydrogen-bond acceptors (Lipinski definition) is 6. The van der Waals surface area contributed by atoms with E-state index in [-0.39, 0.29) is 18.1 Å². The number of amides is 1. The maximum absolute atomic E-state index is 12.2. The summed E-state index contributed by atoms with van der Waals surface area (Å²) in [5.74, 6) is 1.59. The third-order valence-electron chi connectivity index (χ3n) is 4.91. The van der Waals surface area contributed by atoms with Gasteiger partial charge < -0.3 is 9.26 Å². The SMILES string of the molecule is Cc1noc([C@H]2CCCN(CN3C(=O)OC[C@@H]3c3ccccc3)C2)n1. The number of piperidine rings is 1. The van der Waals surface area contributed by atoms with Crippen molar-refractivity contribution in [2.75, 3.05) is 26.4 Å². The van der Waals surface area contributed by atoms with Crippen LogP contribution in [-0.2, 0) is 4.74 Å². The van der Waals surface area contributed by atoms with Crippen LogP contribution in [0.15, 0.2) is 34.9 Å². The van der Waals surface area contributed by atoms with Gasteiger partial charge in [-0.25, -0.2) is 4.79 Å². The van der Waals surface area contributed by atoms with Crippen molar-refractivity contribution in [3.63, 3.8) is 0 Å². The zero-order valence-corrected chi connectivity index (χ0v) is 14.3. The number of aryl methyl sites for hydroxylation is 1. The van der Waals surface area contributed by atoms with E-state index in [0.717, 1.165) is 31.5 Å². The minimum absolute atomic E-state index is 0.0280. The van der Waals surface area contributed by atoms with Crippen molar-refractivity contribution < 1.29 is 14.1 Å². The molecule has 25 heavy (non-hydrogen) atoms. The Morgan fingerprint density at radius 3 is 2.88 bits per heavy atom. The smallest absolute Gasteiger partial charge is 0.411 e. The lowest BCUT2D eigenvalue weighted by molar-refractivity contribution is 0.0986. The molecule has 4 rings (SSSR count). The molecular formula is C18H22N4O3. The summed E-state index contributed by atoms with van der Waals surface area (Å²) in [6, 6.07) is 10.0. The third kappa shape index (κ3) is 3.37. The van der Waals surface area contributed by atoms with Gasteiger partial charge in [0.25, 0.3) is 0 Å². The van der Waals surface area contributed by atoms with Gasteiger partial charge in [-0.05, 0) is 31.9 Å². The third-order valence-corrected chi connectivity index (χ3v) is 4.91. The first-order chi connectivity index (χ1) is 12.2. The average molecular weight is 342 g/mol. The Morgan fingerprint density at radius 2 is 2.12 bits per heavy atom. The van der Waals surface area contributed by atoms with Crippen LogP contribution in [0, 0.1) is 6.92 Å². The zero-order valence-electron chi connectivity index (χ0n) is 14.3. The minimum atomic E-state index is -0.246. The Morgan fingerprint density at radius 1 is 1.28 bits per heavy atom. The highest BCUT2D eigenvalue weighted by Crippen LogP contribution is 2.30. The van der Waals surface area contributed by atoms with Crippen LogP contribution in [0.3, 0.4) is 0 Å². The molecular weight excluding hydrogens is 320 g/mol. The van der Waals surface area contributed by atoms with Crippen LogP contribution < -0.4 is 0 Å². The minimum Gasteiger partial charge on any atom is -0.447 e. The van der Waals surface area contributed by atoms with E-state index in [4.69, 9.17) is 9.26 Å². The Labute approximate surface area is 146 Å². The lowest BCUT2D eigenvalue weighted by Crippen LogP contribution is -2.44. The summed E-state index contributed by atoms with van der Waals surface area (Å²) < 4.78 is 10.6. The van der Waals surface area contributed by atoms with E-state index in [9.17, 15) is 4.79 Å². The molecule has 0 N–H and O–H groups in total. The van der Waals surface area contributed by atoms with E-state index in [0.29, 0.717) is 25.0 Å². The molecule has 1 aromatic carbocycles. The molecule has 2 aliphatic rings. The second-order valence-corrected chi connectivity index (χ2v) is 6.71. The molecule has 0 bridgehead atoms. The standard InChI is InChI=1S/C18H22N4O3/c1-13-19-17(25-20-13)15-8-5-9-21(10-15)12-22-16(11-24-18(22)23)14-6-3-2-4-7-14/h2-4,6-7,15-16H,5,8-12H2,1H3/t15-,16+/m0/s1. The number of aromatic nitrogens is 2. The van der Waals surface area contributed by atoms with Crippen LogP contribution >= 0.6 is 0 Å². The molecule has 132 valence electrons. The van der Waals surface area contributed by atoms with Gasteiger partial charge in [-0.2, -0.15) is 4.98 Å². The largest absolute Gasteiger partial charge is 0.447 e. The summed E-state index contributed by atoms with van der Waals surface area (Å²) in [5, 5.41) is 3.89. The second kappa shape index (κ2) is 6.84. The fraction of sp³-hybridized carbons (Fsp3) is 0.500. The number of rotatable bonds is 4. The van der Waals surface area contributed by atoms with Crippen molar-refractivity contribution in [1.29, 1.82) is 0 Å². The van der Waals surface area contributed by atoms with Crippen molar-refractivity contribution in [2.45, 2.75) is 31.7 Å². The summed E-state index contributed by atoms with van der Waals surface area (Å²) in [4.78, 5) is 20.7. The van der Waals surface area contributed by atoms with Crippen LogP contribution in [0.5, 0.6) is 0 Å². The van der Waals surface area contributed by atoms with Crippen molar-refractivity contribution >= 4 is 6.09 Å². The van der Waals surface area contributed by atoms with Gasteiger partial charge in [-0.3, -0.25) is 9.80 Å². The number of cyclic esters (lactones) is 1. The molecule has 7 nitrogen and oxygen atoms in total. The van der Waals surface area contributed by atoms with E-state index < -0.39 is 0 Å². The van der Waals surface area contributed by atoms with E-state index in [1.54, 1.807) is 0 Å². The number of carbonyl (C=O) groups is 1. The molecule has 7 heteroatoms. The summed E-state index contributed by atoms with van der Waals surface area (Å²) in [7, 11) is 0. The maximum Gasteiger partial charge on any atom is 0.411 e. The Balaban J connectivity index is 1.45. The molecule has 0 radical (unpaired) electrons. The van der Waals surface area contributed by atoms with Gasteiger partial charge in [0.05, 0.1) is 18.6 Å². The molecule has 1 amide bonds. The summed E-state index contributed by atoms with van der Waals surface area (Å²) >= 11 is 0. The quantitative estimate of drug-likeness (QED) is 0.851. The molecule has 2 atom stereocenters.